The van der Waals surface area contributed by atoms with Gasteiger partial charge in [0.25, 0.3) is 5.91 Å². The van der Waals surface area contributed by atoms with E-state index in [1.54, 1.807) is 23.1 Å². The molecule has 1 saturated carbocycles. The van der Waals surface area contributed by atoms with E-state index < -0.39 is 5.54 Å². The molecule has 2 rings (SSSR count). The predicted octanol–water partition coefficient (Wildman–Crippen LogP) is 4.09. The largest absolute Gasteiger partial charge is 0.339 e. The molecule has 2 unspecified atom stereocenters. The summed E-state index contributed by atoms with van der Waals surface area (Å²) in [7, 11) is 0. The smallest absolute Gasteiger partial charge is 0.255 e. The van der Waals surface area contributed by atoms with Crippen LogP contribution in [0, 0.1) is 5.92 Å². The number of amides is 2. The highest BCUT2D eigenvalue weighted by atomic mass is 35.5. The second kappa shape index (κ2) is 9.58. The van der Waals surface area contributed by atoms with Gasteiger partial charge in [0.1, 0.15) is 0 Å². The third kappa shape index (κ3) is 5.12. The predicted molar refractivity (Wildman–Crippen MR) is 109 cm³/mol. The van der Waals surface area contributed by atoms with Crippen LogP contribution in [0.5, 0.6) is 0 Å². The Bertz CT molecular complexity index is 646. The molecule has 0 aliphatic heterocycles. The van der Waals surface area contributed by atoms with E-state index in [-0.39, 0.29) is 30.1 Å². The lowest BCUT2D eigenvalue weighted by molar-refractivity contribution is -0.122. The lowest BCUT2D eigenvalue weighted by Gasteiger charge is -2.37. The first-order valence-corrected chi connectivity index (χ1v) is 9.36. The molecule has 0 heterocycles. The first-order valence-electron chi connectivity index (χ1n) is 8.98. The van der Waals surface area contributed by atoms with Gasteiger partial charge in [0.05, 0.1) is 16.5 Å². The van der Waals surface area contributed by atoms with Crippen LogP contribution in [0.25, 0.3) is 0 Å². The number of nitrogens with two attached hydrogens (primary N) is 1. The molecule has 1 fully saturated rings. The van der Waals surface area contributed by atoms with E-state index >= 15 is 0 Å². The molecule has 1 aromatic carbocycles. The molecular formula is C19H29Cl2N3O2. The number of nitrogens with zero attached hydrogens (tertiary/aromatic N) is 1. The zero-order valence-corrected chi connectivity index (χ0v) is 17.3. The highest BCUT2D eigenvalue weighted by Crippen LogP contribution is 2.33. The number of carbonyl (C=O) groups excluding carboxylic acids is 2. The third-order valence-electron chi connectivity index (χ3n) is 5.09. The minimum absolute atomic E-state index is 0. The Balaban J connectivity index is 0.00000338. The summed E-state index contributed by atoms with van der Waals surface area (Å²) in [5, 5.41) is 3.24. The van der Waals surface area contributed by atoms with Crippen LogP contribution in [0.4, 0.5) is 5.69 Å². The molecule has 7 heteroatoms. The molecule has 0 saturated heterocycles. The van der Waals surface area contributed by atoms with Crippen LogP contribution in [-0.4, -0.2) is 35.3 Å². The van der Waals surface area contributed by atoms with Crippen molar-refractivity contribution in [3.63, 3.8) is 0 Å². The van der Waals surface area contributed by atoms with E-state index in [9.17, 15) is 9.59 Å². The van der Waals surface area contributed by atoms with Gasteiger partial charge in [-0.15, -0.1) is 12.4 Å². The van der Waals surface area contributed by atoms with Crippen LogP contribution in [0.2, 0.25) is 5.02 Å². The van der Waals surface area contributed by atoms with Crippen molar-refractivity contribution in [1.29, 1.82) is 0 Å². The fourth-order valence-electron chi connectivity index (χ4n) is 3.47. The van der Waals surface area contributed by atoms with Gasteiger partial charge in [-0.25, -0.2) is 0 Å². The van der Waals surface area contributed by atoms with Gasteiger partial charge in [-0.05, 0) is 51.8 Å². The van der Waals surface area contributed by atoms with Gasteiger partial charge in [0.2, 0.25) is 5.91 Å². The van der Waals surface area contributed by atoms with E-state index in [4.69, 9.17) is 17.3 Å². The Morgan fingerprint density at radius 2 is 1.96 bits per heavy atom. The molecule has 2 atom stereocenters. The summed E-state index contributed by atoms with van der Waals surface area (Å²) >= 11 is 6.28. The lowest BCUT2D eigenvalue weighted by Crippen LogP contribution is -2.51. The highest BCUT2D eigenvalue weighted by Gasteiger charge is 2.37. The molecule has 0 spiro atoms. The second-order valence-electron chi connectivity index (χ2n) is 6.97. The maximum atomic E-state index is 12.6. The summed E-state index contributed by atoms with van der Waals surface area (Å²) in [6.45, 7) is 7.05. The SMILES string of the molecule is CCN(CC)C(=O)c1ccc(NC(=O)C2CCCCC2(C)N)cc1Cl.Cl. The maximum Gasteiger partial charge on any atom is 0.255 e. The van der Waals surface area contributed by atoms with Gasteiger partial charge < -0.3 is 16.0 Å². The number of anilines is 1. The molecule has 1 aromatic rings. The molecule has 146 valence electrons. The van der Waals surface area contributed by atoms with Crippen LogP contribution in [0.3, 0.4) is 0 Å². The minimum Gasteiger partial charge on any atom is -0.339 e. The van der Waals surface area contributed by atoms with Crippen molar-refractivity contribution in [3.05, 3.63) is 28.8 Å². The summed E-state index contributed by atoms with van der Waals surface area (Å²) in [4.78, 5) is 26.7. The standard InChI is InChI=1S/C19H28ClN3O2.ClH/c1-4-23(5-2)18(25)14-10-9-13(12-16(14)20)22-17(24)15-8-6-7-11-19(15,3)21;/h9-10,12,15H,4-8,11,21H2,1-3H3,(H,22,24);1H. The van der Waals surface area contributed by atoms with E-state index in [1.807, 2.05) is 20.8 Å². The Morgan fingerprint density at radius 3 is 2.50 bits per heavy atom. The van der Waals surface area contributed by atoms with Crippen molar-refractivity contribution < 1.29 is 9.59 Å². The van der Waals surface area contributed by atoms with Crippen molar-refractivity contribution in [3.8, 4) is 0 Å². The summed E-state index contributed by atoms with van der Waals surface area (Å²) in [5.74, 6) is -0.393. The van der Waals surface area contributed by atoms with E-state index in [1.165, 1.54) is 0 Å². The van der Waals surface area contributed by atoms with Crippen LogP contribution in [-0.2, 0) is 4.79 Å². The molecule has 3 N–H and O–H groups in total. The zero-order valence-electron chi connectivity index (χ0n) is 15.7. The van der Waals surface area contributed by atoms with Crippen LogP contribution in [0.1, 0.15) is 56.8 Å². The normalized spacial score (nSPS) is 22.3. The first kappa shape index (κ1) is 22.7. The van der Waals surface area contributed by atoms with Gasteiger partial charge in [0, 0.05) is 24.3 Å². The highest BCUT2D eigenvalue weighted by molar-refractivity contribution is 6.34. The summed E-state index contributed by atoms with van der Waals surface area (Å²) in [6.07, 6.45) is 3.72. The quantitative estimate of drug-likeness (QED) is 0.779. The first-order chi connectivity index (χ1) is 11.8. The monoisotopic (exact) mass is 401 g/mol. The average Bonchev–Trinajstić information content (AvgIpc) is 2.55. The average molecular weight is 402 g/mol. The second-order valence-corrected chi connectivity index (χ2v) is 7.37. The van der Waals surface area contributed by atoms with Crippen molar-refractivity contribution in [2.75, 3.05) is 18.4 Å². The fraction of sp³-hybridized carbons (Fsp3) is 0.579. The molecular weight excluding hydrogens is 373 g/mol. The maximum absolute atomic E-state index is 12.6. The van der Waals surface area contributed by atoms with Gasteiger partial charge in [-0.3, -0.25) is 9.59 Å². The number of halogens is 2. The van der Waals surface area contributed by atoms with Crippen molar-refractivity contribution >= 4 is 41.5 Å². The van der Waals surface area contributed by atoms with Crippen LogP contribution >= 0.6 is 24.0 Å². The Hall–Kier alpha value is -1.30. The summed E-state index contributed by atoms with van der Waals surface area (Å²) < 4.78 is 0. The van der Waals surface area contributed by atoms with Crippen molar-refractivity contribution in [2.45, 2.75) is 52.0 Å². The number of rotatable bonds is 5. The number of nitrogens with one attached hydrogen (secondary N) is 1. The number of hydrogen-bond acceptors (Lipinski definition) is 3. The molecule has 0 radical (unpaired) electrons. The number of hydrogen-bond donors (Lipinski definition) is 2. The van der Waals surface area contributed by atoms with Crippen molar-refractivity contribution in [2.24, 2.45) is 11.7 Å². The molecule has 1 aliphatic rings. The van der Waals surface area contributed by atoms with Crippen LogP contribution < -0.4 is 11.1 Å². The third-order valence-corrected chi connectivity index (χ3v) is 5.40. The Labute approximate surface area is 167 Å². The zero-order chi connectivity index (χ0) is 18.6. The summed E-state index contributed by atoms with van der Waals surface area (Å²) in [6, 6.07) is 5.02. The number of benzene rings is 1. The van der Waals surface area contributed by atoms with E-state index in [0.29, 0.717) is 29.4 Å². The Morgan fingerprint density at radius 1 is 1.31 bits per heavy atom. The van der Waals surface area contributed by atoms with Crippen LogP contribution in [0.15, 0.2) is 18.2 Å². The van der Waals surface area contributed by atoms with Gasteiger partial charge in [-0.2, -0.15) is 0 Å². The topological polar surface area (TPSA) is 75.4 Å². The molecule has 0 bridgehead atoms. The van der Waals surface area contributed by atoms with E-state index in [0.717, 1.165) is 25.7 Å². The summed E-state index contributed by atoms with van der Waals surface area (Å²) in [5.41, 5.74) is 6.85. The van der Waals surface area contributed by atoms with Crippen molar-refractivity contribution in [1.82, 2.24) is 4.90 Å². The van der Waals surface area contributed by atoms with E-state index in [2.05, 4.69) is 5.32 Å². The molecule has 5 nitrogen and oxygen atoms in total. The minimum atomic E-state index is -0.481. The molecule has 2 amide bonds. The Kier molecular flexibility index (Phi) is 8.38. The molecule has 1 aliphatic carbocycles. The van der Waals surface area contributed by atoms with Gasteiger partial charge in [0.15, 0.2) is 0 Å². The molecule has 26 heavy (non-hydrogen) atoms. The van der Waals surface area contributed by atoms with Gasteiger partial charge >= 0.3 is 0 Å². The van der Waals surface area contributed by atoms with Gasteiger partial charge in [-0.1, -0.05) is 24.4 Å². The number of carbonyl (C=O) groups is 2. The fourth-order valence-corrected chi connectivity index (χ4v) is 3.73. The molecule has 0 aromatic heterocycles. The lowest BCUT2D eigenvalue weighted by atomic mass is 9.74.